The van der Waals surface area contributed by atoms with Crippen LogP contribution in [0, 0.1) is 0 Å². The van der Waals surface area contributed by atoms with Gasteiger partial charge in [0.1, 0.15) is 0 Å². The van der Waals surface area contributed by atoms with Crippen LogP contribution in [0.1, 0.15) is 19.3 Å². The van der Waals surface area contributed by atoms with E-state index in [-0.39, 0.29) is 5.95 Å². The second-order valence-corrected chi connectivity index (χ2v) is 5.09. The van der Waals surface area contributed by atoms with Crippen LogP contribution in [0.2, 0.25) is 0 Å². The first kappa shape index (κ1) is 13.8. The third kappa shape index (κ3) is 4.20. The highest BCUT2D eigenvalue weighted by atomic mass is 15.3. The molecule has 1 fully saturated rings. The quantitative estimate of drug-likeness (QED) is 0.721. The molecule has 106 valence electrons. The van der Waals surface area contributed by atoms with Crippen molar-refractivity contribution in [3.05, 3.63) is 0 Å². The van der Waals surface area contributed by atoms with Gasteiger partial charge < -0.3 is 20.9 Å². The maximum Gasteiger partial charge on any atom is 0.231 e. The predicted molar refractivity (Wildman–Crippen MR) is 77.3 cm³/mol. The molecule has 0 aromatic carbocycles. The van der Waals surface area contributed by atoms with Crippen LogP contribution < -0.4 is 16.0 Å². The fourth-order valence-corrected chi connectivity index (χ4v) is 2.11. The van der Waals surface area contributed by atoms with E-state index in [9.17, 15) is 0 Å². The van der Waals surface area contributed by atoms with Crippen molar-refractivity contribution in [1.29, 1.82) is 0 Å². The summed E-state index contributed by atoms with van der Waals surface area (Å²) in [5, 5.41) is 3.21. The van der Waals surface area contributed by atoms with Crippen LogP contribution in [0.4, 0.5) is 17.8 Å². The molecule has 1 aliphatic rings. The van der Waals surface area contributed by atoms with Crippen LogP contribution in [0.5, 0.6) is 0 Å². The summed E-state index contributed by atoms with van der Waals surface area (Å²) in [5.74, 6) is 1.56. The molecule has 7 heteroatoms. The maximum absolute atomic E-state index is 5.74. The van der Waals surface area contributed by atoms with E-state index in [2.05, 4.69) is 44.2 Å². The molecule has 2 heterocycles. The van der Waals surface area contributed by atoms with Crippen molar-refractivity contribution in [3.8, 4) is 0 Å². The van der Waals surface area contributed by atoms with Crippen molar-refractivity contribution >= 4 is 17.8 Å². The zero-order valence-corrected chi connectivity index (χ0v) is 11.8. The van der Waals surface area contributed by atoms with E-state index in [1.54, 1.807) is 0 Å². The average Bonchev–Trinajstić information content (AvgIpc) is 2.87. The van der Waals surface area contributed by atoms with Gasteiger partial charge in [0, 0.05) is 19.6 Å². The van der Waals surface area contributed by atoms with Crippen LogP contribution >= 0.6 is 0 Å². The van der Waals surface area contributed by atoms with E-state index in [4.69, 9.17) is 5.73 Å². The molecule has 1 saturated heterocycles. The monoisotopic (exact) mass is 265 g/mol. The summed E-state index contributed by atoms with van der Waals surface area (Å²) >= 11 is 0. The largest absolute Gasteiger partial charge is 0.368 e. The molecule has 0 aliphatic carbocycles. The van der Waals surface area contributed by atoms with Crippen LogP contribution in [0.3, 0.4) is 0 Å². The normalized spacial score (nSPS) is 15.2. The summed E-state index contributed by atoms with van der Waals surface area (Å²) in [6.07, 6.45) is 3.42. The van der Waals surface area contributed by atoms with Gasteiger partial charge in [0.15, 0.2) is 0 Å². The number of anilines is 3. The second kappa shape index (κ2) is 6.51. The Morgan fingerprint density at radius 1 is 1.21 bits per heavy atom. The molecule has 0 saturated carbocycles. The number of nitrogens with one attached hydrogen (secondary N) is 1. The lowest BCUT2D eigenvalue weighted by atomic mass is 10.4. The van der Waals surface area contributed by atoms with E-state index < -0.39 is 0 Å². The predicted octanol–water partition coefficient (Wildman–Crippen LogP) is 0.418. The van der Waals surface area contributed by atoms with E-state index in [0.29, 0.717) is 11.9 Å². The van der Waals surface area contributed by atoms with Gasteiger partial charge in [-0.2, -0.15) is 15.0 Å². The van der Waals surface area contributed by atoms with Crippen LogP contribution in [-0.4, -0.2) is 60.1 Å². The minimum absolute atomic E-state index is 0.284. The van der Waals surface area contributed by atoms with Gasteiger partial charge in [-0.3, -0.25) is 0 Å². The van der Waals surface area contributed by atoms with Crippen LogP contribution in [0.25, 0.3) is 0 Å². The number of aromatic nitrogens is 3. The van der Waals surface area contributed by atoms with Crippen molar-refractivity contribution in [2.75, 3.05) is 56.2 Å². The highest BCUT2D eigenvalue weighted by Gasteiger charge is 2.16. The lowest BCUT2D eigenvalue weighted by Crippen LogP contribution is -2.22. The van der Waals surface area contributed by atoms with Gasteiger partial charge in [-0.05, 0) is 39.9 Å². The SMILES string of the molecule is CN(C)CCCNc1nc(N)nc(N2CCCC2)n1. The first-order chi connectivity index (χ1) is 9.15. The Labute approximate surface area is 114 Å². The highest BCUT2D eigenvalue weighted by Crippen LogP contribution is 2.17. The molecule has 1 aliphatic heterocycles. The van der Waals surface area contributed by atoms with Gasteiger partial charge in [-0.15, -0.1) is 0 Å². The van der Waals surface area contributed by atoms with Crippen molar-refractivity contribution in [1.82, 2.24) is 19.9 Å². The first-order valence-corrected chi connectivity index (χ1v) is 6.80. The molecule has 7 nitrogen and oxygen atoms in total. The van der Waals surface area contributed by atoms with Crippen LogP contribution in [0.15, 0.2) is 0 Å². The summed E-state index contributed by atoms with van der Waals surface area (Å²) in [4.78, 5) is 17.1. The zero-order chi connectivity index (χ0) is 13.7. The molecule has 0 bridgehead atoms. The van der Waals surface area contributed by atoms with Gasteiger partial charge in [0.2, 0.25) is 17.8 Å². The zero-order valence-electron chi connectivity index (χ0n) is 11.8. The number of nitrogens with zero attached hydrogens (tertiary/aromatic N) is 5. The number of nitrogen functional groups attached to an aromatic ring is 1. The molecule has 0 amide bonds. The van der Waals surface area contributed by atoms with E-state index >= 15 is 0 Å². The number of rotatable bonds is 6. The molecular weight excluding hydrogens is 242 g/mol. The fourth-order valence-electron chi connectivity index (χ4n) is 2.11. The minimum atomic E-state index is 0.284. The Kier molecular flexibility index (Phi) is 4.73. The molecule has 0 radical (unpaired) electrons. The minimum Gasteiger partial charge on any atom is -0.368 e. The van der Waals surface area contributed by atoms with E-state index in [0.717, 1.165) is 32.6 Å². The first-order valence-electron chi connectivity index (χ1n) is 6.80. The maximum atomic E-state index is 5.74. The molecule has 0 unspecified atom stereocenters. The standard InChI is InChI=1S/C12H23N7/c1-18(2)7-5-6-14-11-15-10(13)16-12(17-11)19-8-3-4-9-19/h3-9H2,1-2H3,(H3,13,14,15,16,17). The lowest BCUT2D eigenvalue weighted by Gasteiger charge is -2.16. The molecular formula is C12H23N7. The molecule has 0 spiro atoms. The fraction of sp³-hybridized carbons (Fsp3) is 0.750. The Morgan fingerprint density at radius 2 is 1.95 bits per heavy atom. The average molecular weight is 265 g/mol. The van der Waals surface area contributed by atoms with Gasteiger partial charge in [-0.25, -0.2) is 0 Å². The van der Waals surface area contributed by atoms with E-state index in [1.807, 2.05) is 0 Å². The smallest absolute Gasteiger partial charge is 0.231 e. The van der Waals surface area contributed by atoms with Crippen molar-refractivity contribution in [3.63, 3.8) is 0 Å². The summed E-state index contributed by atoms with van der Waals surface area (Å²) < 4.78 is 0. The molecule has 19 heavy (non-hydrogen) atoms. The Balaban J connectivity index is 1.92. The molecule has 2 rings (SSSR count). The van der Waals surface area contributed by atoms with Crippen molar-refractivity contribution in [2.24, 2.45) is 0 Å². The number of hydrogen-bond donors (Lipinski definition) is 2. The molecule has 1 aromatic rings. The Bertz CT molecular complexity index is 401. The highest BCUT2D eigenvalue weighted by molar-refractivity contribution is 5.42. The topological polar surface area (TPSA) is 83.2 Å². The Hall–Kier alpha value is -1.63. The second-order valence-electron chi connectivity index (χ2n) is 5.09. The summed E-state index contributed by atoms with van der Waals surface area (Å²) in [5.41, 5.74) is 5.74. The molecule has 1 aromatic heterocycles. The van der Waals surface area contributed by atoms with Gasteiger partial charge in [0.25, 0.3) is 0 Å². The van der Waals surface area contributed by atoms with Crippen molar-refractivity contribution in [2.45, 2.75) is 19.3 Å². The van der Waals surface area contributed by atoms with Crippen molar-refractivity contribution < 1.29 is 0 Å². The molecule has 0 atom stereocenters. The summed E-state index contributed by atoms with van der Waals surface area (Å²) in [7, 11) is 4.12. The van der Waals surface area contributed by atoms with Gasteiger partial charge in [-0.1, -0.05) is 0 Å². The lowest BCUT2D eigenvalue weighted by molar-refractivity contribution is 0.405. The third-order valence-corrected chi connectivity index (χ3v) is 3.10. The Morgan fingerprint density at radius 3 is 2.63 bits per heavy atom. The van der Waals surface area contributed by atoms with Crippen LogP contribution in [-0.2, 0) is 0 Å². The number of hydrogen-bond acceptors (Lipinski definition) is 7. The van der Waals surface area contributed by atoms with E-state index in [1.165, 1.54) is 12.8 Å². The third-order valence-electron chi connectivity index (χ3n) is 3.10. The van der Waals surface area contributed by atoms with Gasteiger partial charge >= 0.3 is 0 Å². The number of nitrogens with two attached hydrogens (primary N) is 1. The molecule has 3 N–H and O–H groups in total. The summed E-state index contributed by atoms with van der Waals surface area (Å²) in [6, 6.07) is 0. The summed E-state index contributed by atoms with van der Waals surface area (Å²) in [6.45, 7) is 3.88. The van der Waals surface area contributed by atoms with Gasteiger partial charge in [0.05, 0.1) is 0 Å².